The van der Waals surface area contributed by atoms with E-state index in [0.717, 1.165) is 5.56 Å². The van der Waals surface area contributed by atoms with Crippen molar-refractivity contribution >= 4 is 34.9 Å². The third kappa shape index (κ3) is 3.42. The minimum atomic E-state index is -0.495. The second-order valence-electron chi connectivity index (χ2n) is 5.22. The number of nitrogens with zero attached hydrogens (tertiary/aromatic N) is 2. The molecule has 1 aromatic carbocycles. The lowest BCUT2D eigenvalue weighted by atomic mass is 10.1. The normalized spacial score (nSPS) is 18.0. The molecule has 0 bridgehead atoms. The number of hydrogen-bond donors (Lipinski definition) is 1. The molecule has 5 nitrogen and oxygen atoms in total. The number of nitrogens with two attached hydrogens (primary N) is 1. The summed E-state index contributed by atoms with van der Waals surface area (Å²) in [5.74, 6) is 0.0824. The third-order valence-corrected chi connectivity index (χ3v) is 4.47. The van der Waals surface area contributed by atoms with E-state index in [1.807, 2.05) is 11.0 Å². The van der Waals surface area contributed by atoms with Gasteiger partial charge in [-0.05, 0) is 29.8 Å². The van der Waals surface area contributed by atoms with E-state index in [4.69, 9.17) is 33.7 Å². The fraction of sp³-hybridized carbons (Fsp3) is 0.250. The first-order valence-corrected chi connectivity index (χ1v) is 7.88. The average Bonchev–Trinajstić information content (AvgIpc) is 2.57. The second-order valence-corrected chi connectivity index (χ2v) is 6.03. The molecular formula is C16H15Cl2N3O2. The molecule has 1 aromatic heterocycles. The molecule has 23 heavy (non-hydrogen) atoms. The number of carbonyl (C=O) groups excluding carboxylic acids is 1. The molecule has 120 valence electrons. The standard InChI is InChI=1S/C16H15Cl2N3O2/c17-12-4-3-10(8-13(12)18)14-9-21(6-7-23-14)16-11(15(19)22)2-1-5-20-16/h1-5,8,14H,6-7,9H2,(H2,19,22)/t14-/m0/s1. The number of aromatic nitrogens is 1. The van der Waals surface area contributed by atoms with Gasteiger partial charge in [0.05, 0.1) is 22.2 Å². The highest BCUT2D eigenvalue weighted by Gasteiger charge is 2.25. The minimum Gasteiger partial charge on any atom is -0.370 e. The maximum absolute atomic E-state index is 11.6. The first kappa shape index (κ1) is 16.1. The van der Waals surface area contributed by atoms with Crippen molar-refractivity contribution in [3.63, 3.8) is 0 Å². The molecule has 2 N–H and O–H groups in total. The summed E-state index contributed by atoms with van der Waals surface area (Å²) in [6.07, 6.45) is 1.46. The molecule has 0 radical (unpaired) electrons. The van der Waals surface area contributed by atoms with Crippen molar-refractivity contribution < 1.29 is 9.53 Å². The van der Waals surface area contributed by atoms with Gasteiger partial charge in [0.15, 0.2) is 0 Å². The summed E-state index contributed by atoms with van der Waals surface area (Å²) in [6.45, 7) is 1.70. The number of rotatable bonds is 3. The van der Waals surface area contributed by atoms with Gasteiger partial charge in [-0.1, -0.05) is 29.3 Å². The number of benzene rings is 1. The van der Waals surface area contributed by atoms with E-state index in [1.54, 1.807) is 30.5 Å². The van der Waals surface area contributed by atoms with E-state index in [2.05, 4.69) is 4.98 Å². The molecule has 0 unspecified atom stereocenters. The Morgan fingerprint density at radius 1 is 1.30 bits per heavy atom. The lowest BCUT2D eigenvalue weighted by molar-refractivity contribution is 0.0394. The Balaban J connectivity index is 1.86. The molecule has 1 saturated heterocycles. The summed E-state index contributed by atoms with van der Waals surface area (Å²) in [5.41, 5.74) is 6.77. The van der Waals surface area contributed by atoms with Crippen molar-refractivity contribution in [2.45, 2.75) is 6.10 Å². The molecular weight excluding hydrogens is 337 g/mol. The molecule has 1 aliphatic heterocycles. The topological polar surface area (TPSA) is 68.5 Å². The molecule has 1 fully saturated rings. The van der Waals surface area contributed by atoms with Crippen LogP contribution in [0.5, 0.6) is 0 Å². The number of halogens is 2. The molecule has 0 saturated carbocycles. The van der Waals surface area contributed by atoms with Crippen LogP contribution < -0.4 is 10.6 Å². The van der Waals surface area contributed by atoms with Gasteiger partial charge < -0.3 is 15.4 Å². The molecule has 1 amide bonds. The van der Waals surface area contributed by atoms with Gasteiger partial charge in [-0.2, -0.15) is 0 Å². The van der Waals surface area contributed by atoms with Crippen LogP contribution in [-0.2, 0) is 4.74 Å². The highest BCUT2D eigenvalue weighted by molar-refractivity contribution is 6.42. The Hall–Kier alpha value is -1.82. The van der Waals surface area contributed by atoms with E-state index in [9.17, 15) is 4.79 Å². The lowest BCUT2D eigenvalue weighted by Crippen LogP contribution is -2.40. The molecule has 3 rings (SSSR count). The van der Waals surface area contributed by atoms with Crippen molar-refractivity contribution in [1.29, 1.82) is 0 Å². The number of hydrogen-bond acceptors (Lipinski definition) is 4. The van der Waals surface area contributed by atoms with Gasteiger partial charge in [-0.25, -0.2) is 4.98 Å². The zero-order valence-corrected chi connectivity index (χ0v) is 13.7. The van der Waals surface area contributed by atoms with Gasteiger partial charge in [0.25, 0.3) is 5.91 Å². The van der Waals surface area contributed by atoms with E-state index in [-0.39, 0.29) is 6.10 Å². The van der Waals surface area contributed by atoms with Gasteiger partial charge in [0.2, 0.25) is 0 Å². The van der Waals surface area contributed by atoms with Gasteiger partial charge in [0, 0.05) is 19.3 Å². The van der Waals surface area contributed by atoms with Crippen LogP contribution in [0.15, 0.2) is 36.5 Å². The number of primary amides is 1. The Morgan fingerprint density at radius 2 is 2.13 bits per heavy atom. The monoisotopic (exact) mass is 351 g/mol. The van der Waals surface area contributed by atoms with E-state index in [1.165, 1.54) is 0 Å². The number of amides is 1. The zero-order chi connectivity index (χ0) is 16.4. The van der Waals surface area contributed by atoms with Crippen LogP contribution in [0, 0.1) is 0 Å². The SMILES string of the molecule is NC(=O)c1cccnc1N1CCO[C@H](c2ccc(Cl)c(Cl)c2)C1. The fourth-order valence-corrected chi connectivity index (χ4v) is 2.90. The predicted octanol–water partition coefficient (Wildman–Crippen LogP) is 3.07. The number of carbonyl (C=O) groups is 1. The quantitative estimate of drug-likeness (QED) is 0.922. The molecule has 2 aromatic rings. The van der Waals surface area contributed by atoms with Crippen molar-refractivity contribution in [1.82, 2.24) is 4.98 Å². The minimum absolute atomic E-state index is 0.179. The number of morpholine rings is 1. The molecule has 2 heterocycles. The highest BCUT2D eigenvalue weighted by atomic mass is 35.5. The van der Waals surface area contributed by atoms with Gasteiger partial charge in [-0.15, -0.1) is 0 Å². The lowest BCUT2D eigenvalue weighted by Gasteiger charge is -2.34. The Bertz CT molecular complexity index is 739. The van der Waals surface area contributed by atoms with Crippen LogP contribution in [-0.4, -0.2) is 30.6 Å². The zero-order valence-electron chi connectivity index (χ0n) is 12.2. The highest BCUT2D eigenvalue weighted by Crippen LogP contribution is 2.30. The molecule has 0 spiro atoms. The van der Waals surface area contributed by atoms with E-state index >= 15 is 0 Å². The Labute approximate surface area is 144 Å². The molecule has 0 aliphatic carbocycles. The Kier molecular flexibility index (Phi) is 4.71. The summed E-state index contributed by atoms with van der Waals surface area (Å²) < 4.78 is 5.82. The van der Waals surface area contributed by atoms with Gasteiger partial charge >= 0.3 is 0 Å². The molecule has 1 atom stereocenters. The van der Waals surface area contributed by atoms with Gasteiger partial charge in [0.1, 0.15) is 11.9 Å². The second kappa shape index (κ2) is 6.74. The van der Waals surface area contributed by atoms with Crippen LogP contribution in [0.1, 0.15) is 22.0 Å². The first-order valence-electron chi connectivity index (χ1n) is 7.12. The van der Waals surface area contributed by atoms with Crippen molar-refractivity contribution in [3.05, 3.63) is 57.7 Å². The molecule has 1 aliphatic rings. The van der Waals surface area contributed by atoms with Crippen LogP contribution >= 0.6 is 23.2 Å². The summed E-state index contributed by atoms with van der Waals surface area (Å²) in [5, 5.41) is 0.990. The fourth-order valence-electron chi connectivity index (χ4n) is 2.60. The summed E-state index contributed by atoms with van der Waals surface area (Å²) in [7, 11) is 0. The van der Waals surface area contributed by atoms with Crippen LogP contribution in [0.4, 0.5) is 5.82 Å². The van der Waals surface area contributed by atoms with Crippen molar-refractivity contribution in [2.75, 3.05) is 24.6 Å². The first-order chi connectivity index (χ1) is 11.1. The van der Waals surface area contributed by atoms with Crippen LogP contribution in [0.2, 0.25) is 10.0 Å². The van der Waals surface area contributed by atoms with E-state index < -0.39 is 5.91 Å². The summed E-state index contributed by atoms with van der Waals surface area (Å²) in [6, 6.07) is 8.80. The maximum Gasteiger partial charge on any atom is 0.252 e. The number of anilines is 1. The molecule has 7 heteroatoms. The van der Waals surface area contributed by atoms with E-state index in [0.29, 0.717) is 41.1 Å². The predicted molar refractivity (Wildman–Crippen MR) is 90.1 cm³/mol. The largest absolute Gasteiger partial charge is 0.370 e. The van der Waals surface area contributed by atoms with Crippen LogP contribution in [0.25, 0.3) is 0 Å². The smallest absolute Gasteiger partial charge is 0.252 e. The van der Waals surface area contributed by atoms with Gasteiger partial charge in [-0.3, -0.25) is 4.79 Å². The number of pyridine rings is 1. The van der Waals surface area contributed by atoms with Crippen LogP contribution in [0.3, 0.4) is 0 Å². The number of ether oxygens (including phenoxy) is 1. The van der Waals surface area contributed by atoms with Crippen molar-refractivity contribution in [2.24, 2.45) is 5.73 Å². The average molecular weight is 352 g/mol. The summed E-state index contributed by atoms with van der Waals surface area (Å²) in [4.78, 5) is 17.9. The third-order valence-electron chi connectivity index (χ3n) is 3.73. The van der Waals surface area contributed by atoms with Crippen molar-refractivity contribution in [3.8, 4) is 0 Å². The Morgan fingerprint density at radius 3 is 2.87 bits per heavy atom. The summed E-state index contributed by atoms with van der Waals surface area (Å²) >= 11 is 12.0. The maximum atomic E-state index is 11.6.